The molecule has 55 heavy (non-hydrogen) atoms. The van der Waals surface area contributed by atoms with Crippen molar-refractivity contribution in [2.75, 3.05) is 40.9 Å². The largest absolute Gasteiger partial charge is 0.472 e. The van der Waals surface area contributed by atoms with Gasteiger partial charge in [-0.2, -0.15) is 0 Å². The Morgan fingerprint density at radius 1 is 0.655 bits per heavy atom. The minimum absolute atomic E-state index is 0.00663. The Bertz CT molecular complexity index is 1140. The zero-order valence-corrected chi connectivity index (χ0v) is 36.4. The lowest BCUT2D eigenvalue weighted by Gasteiger charge is -2.28. The van der Waals surface area contributed by atoms with Crippen molar-refractivity contribution in [3.05, 3.63) is 72.9 Å². The highest BCUT2D eigenvalue weighted by atomic mass is 31.2. The average Bonchev–Trinajstić information content (AvgIpc) is 3.13. The third-order valence-corrected chi connectivity index (χ3v) is 9.99. The molecule has 0 fully saturated rings. The van der Waals surface area contributed by atoms with E-state index in [1.54, 1.807) is 0 Å². The molecule has 0 aliphatic rings. The summed E-state index contributed by atoms with van der Waals surface area (Å²) in [4.78, 5) is 23.1. The summed E-state index contributed by atoms with van der Waals surface area (Å²) in [5.74, 6) is -0.291. The van der Waals surface area contributed by atoms with Crippen molar-refractivity contribution in [3.63, 3.8) is 0 Å². The third-order valence-electron chi connectivity index (χ3n) is 9.01. The van der Waals surface area contributed by atoms with E-state index in [-0.39, 0.29) is 18.9 Å². The van der Waals surface area contributed by atoms with Crippen molar-refractivity contribution in [3.8, 4) is 0 Å². The molecule has 318 valence electrons. The molecule has 0 saturated carbocycles. The number of aliphatic hydroxyl groups is 2. The molecule has 0 aromatic carbocycles. The van der Waals surface area contributed by atoms with Gasteiger partial charge in [0, 0.05) is 6.42 Å². The van der Waals surface area contributed by atoms with Gasteiger partial charge in [-0.15, -0.1) is 0 Å². The van der Waals surface area contributed by atoms with Crippen LogP contribution >= 0.6 is 7.82 Å². The number of rotatable bonds is 37. The van der Waals surface area contributed by atoms with Crippen LogP contribution in [0.2, 0.25) is 0 Å². The molecule has 0 aliphatic carbocycles. The molecule has 0 radical (unpaired) electrons. The summed E-state index contributed by atoms with van der Waals surface area (Å²) < 4.78 is 23.4. The second-order valence-electron chi connectivity index (χ2n) is 15.5. The van der Waals surface area contributed by atoms with Gasteiger partial charge in [0.2, 0.25) is 5.91 Å². The van der Waals surface area contributed by atoms with Gasteiger partial charge in [-0.3, -0.25) is 13.8 Å². The Hall–Kier alpha value is -2.10. The van der Waals surface area contributed by atoms with Crippen molar-refractivity contribution in [2.45, 2.75) is 167 Å². The molecule has 0 spiro atoms. The second kappa shape index (κ2) is 36.3. The van der Waals surface area contributed by atoms with E-state index in [1.165, 1.54) is 19.3 Å². The number of hydrogen-bond donors (Lipinski definition) is 4. The smallest absolute Gasteiger partial charge is 0.390 e. The molecule has 4 unspecified atom stereocenters. The molecular formula is C45H82N2O7P+. The fourth-order valence-electron chi connectivity index (χ4n) is 5.56. The van der Waals surface area contributed by atoms with Crippen LogP contribution in [-0.4, -0.2) is 84.6 Å². The van der Waals surface area contributed by atoms with Gasteiger partial charge in [-0.05, 0) is 89.9 Å². The Morgan fingerprint density at radius 2 is 1.15 bits per heavy atom. The first-order valence-corrected chi connectivity index (χ1v) is 22.9. The number of unbranched alkanes of at least 4 members (excludes halogenated alkanes) is 11. The molecule has 10 heteroatoms. The average molecular weight is 794 g/mol. The lowest BCUT2D eigenvalue weighted by molar-refractivity contribution is -0.870. The van der Waals surface area contributed by atoms with Crippen molar-refractivity contribution >= 4 is 13.7 Å². The van der Waals surface area contributed by atoms with Crippen LogP contribution in [0.3, 0.4) is 0 Å². The first kappa shape index (κ1) is 52.9. The summed E-state index contributed by atoms with van der Waals surface area (Å²) >= 11 is 0. The van der Waals surface area contributed by atoms with Crippen molar-refractivity contribution in [1.82, 2.24) is 5.32 Å². The van der Waals surface area contributed by atoms with E-state index in [1.807, 2.05) is 21.1 Å². The van der Waals surface area contributed by atoms with Gasteiger partial charge < -0.3 is 24.9 Å². The Morgan fingerprint density at radius 3 is 1.73 bits per heavy atom. The van der Waals surface area contributed by atoms with E-state index < -0.39 is 32.7 Å². The maximum atomic E-state index is 12.9. The minimum Gasteiger partial charge on any atom is -0.390 e. The zero-order chi connectivity index (χ0) is 40.9. The Labute approximate surface area is 336 Å². The van der Waals surface area contributed by atoms with Gasteiger partial charge in [-0.1, -0.05) is 125 Å². The Balaban J connectivity index is 4.60. The fourth-order valence-corrected chi connectivity index (χ4v) is 6.29. The molecule has 0 rings (SSSR count). The number of allylic oxidation sites excluding steroid dienone is 12. The molecule has 0 saturated heterocycles. The number of carbonyl (C=O) groups excluding carboxylic acids is 1. The topological polar surface area (TPSA) is 125 Å². The van der Waals surface area contributed by atoms with Crippen LogP contribution in [0.15, 0.2) is 72.9 Å². The highest BCUT2D eigenvalue weighted by Gasteiger charge is 2.31. The summed E-state index contributed by atoms with van der Waals surface area (Å²) in [7, 11) is 1.38. The maximum absolute atomic E-state index is 12.9. The van der Waals surface area contributed by atoms with Crippen molar-refractivity contribution < 1.29 is 38.0 Å². The van der Waals surface area contributed by atoms with Gasteiger partial charge in [-0.25, -0.2) is 4.57 Å². The number of phosphoric ester groups is 1. The number of carbonyl (C=O) groups is 1. The van der Waals surface area contributed by atoms with E-state index in [0.29, 0.717) is 30.3 Å². The summed E-state index contributed by atoms with van der Waals surface area (Å²) in [5.41, 5.74) is 0. The van der Waals surface area contributed by atoms with Crippen LogP contribution in [-0.2, 0) is 18.4 Å². The quantitative estimate of drug-likeness (QED) is 0.0214. The molecular weight excluding hydrogens is 711 g/mol. The van der Waals surface area contributed by atoms with Gasteiger partial charge in [0.05, 0.1) is 39.9 Å². The van der Waals surface area contributed by atoms with Crippen molar-refractivity contribution in [2.24, 2.45) is 0 Å². The molecule has 1 amide bonds. The number of aliphatic hydroxyl groups excluding tert-OH is 2. The van der Waals surface area contributed by atoms with E-state index >= 15 is 0 Å². The van der Waals surface area contributed by atoms with Gasteiger partial charge in [0.15, 0.2) is 0 Å². The molecule has 0 aromatic rings. The summed E-state index contributed by atoms with van der Waals surface area (Å²) in [5, 5.41) is 24.6. The number of phosphoric acid groups is 1. The van der Waals surface area contributed by atoms with Crippen LogP contribution in [0.1, 0.15) is 149 Å². The van der Waals surface area contributed by atoms with Crippen molar-refractivity contribution in [1.29, 1.82) is 0 Å². The standard InChI is InChI=1S/C45H81N2O7P/c1-6-8-10-12-14-16-18-20-21-22-23-24-25-26-28-30-32-34-36-38-44(49)46-42(41-54-55(51,52)53-40-39-47(3,4)5)45(50)43(48)37-35-33-31-29-27-19-17-15-13-11-9-7-2/h8,10,14-17,20-21,23-24,29,31,42-43,45,48,50H,6-7,9,11-13,18-19,22,25-28,30,32-41H2,1-5H3,(H-,46,49,51,52)/p+1/b10-8-,16-14-,17-15+,21-20-,24-23-,31-29+. The van der Waals surface area contributed by atoms with Gasteiger partial charge in [0.1, 0.15) is 19.3 Å². The maximum Gasteiger partial charge on any atom is 0.472 e. The SMILES string of the molecule is CC/C=C\C/C=C\C/C=C\C/C=C\CCCCCCCCC(=O)NC(COP(=O)(O)OCC[N+](C)(C)C)C(O)C(O)CCC/C=C/CC/C=C/CCCCC. The van der Waals surface area contributed by atoms with Gasteiger partial charge >= 0.3 is 7.82 Å². The van der Waals surface area contributed by atoms with Gasteiger partial charge in [0.25, 0.3) is 0 Å². The zero-order valence-electron chi connectivity index (χ0n) is 35.5. The number of amides is 1. The van der Waals surface area contributed by atoms with E-state index in [2.05, 4.69) is 92.1 Å². The van der Waals surface area contributed by atoms with Crippen LogP contribution < -0.4 is 5.32 Å². The lowest BCUT2D eigenvalue weighted by atomic mass is 10.0. The molecule has 0 bridgehead atoms. The summed E-state index contributed by atoms with van der Waals surface area (Å²) in [6.45, 7) is 4.39. The first-order valence-electron chi connectivity index (χ1n) is 21.4. The molecule has 9 nitrogen and oxygen atoms in total. The minimum atomic E-state index is -4.43. The Kier molecular flexibility index (Phi) is 34.9. The van der Waals surface area contributed by atoms with Crippen LogP contribution in [0, 0.1) is 0 Å². The third kappa shape index (κ3) is 37.3. The highest BCUT2D eigenvalue weighted by molar-refractivity contribution is 7.47. The molecule has 0 heterocycles. The predicted octanol–water partition coefficient (Wildman–Crippen LogP) is 10.6. The molecule has 4 atom stereocenters. The van der Waals surface area contributed by atoms with E-state index in [0.717, 1.165) is 89.9 Å². The molecule has 0 aliphatic heterocycles. The normalized spacial score (nSPS) is 15.7. The fraction of sp³-hybridized carbons (Fsp3) is 0.711. The van der Waals surface area contributed by atoms with Crippen LogP contribution in [0.5, 0.6) is 0 Å². The predicted molar refractivity (Wildman–Crippen MR) is 232 cm³/mol. The monoisotopic (exact) mass is 794 g/mol. The summed E-state index contributed by atoms with van der Waals surface area (Å²) in [6, 6.07) is -1.07. The molecule has 4 N–H and O–H groups in total. The van der Waals surface area contributed by atoms with E-state index in [4.69, 9.17) is 9.05 Å². The number of nitrogens with zero attached hydrogens (tertiary/aromatic N) is 1. The van der Waals surface area contributed by atoms with Crippen LogP contribution in [0.25, 0.3) is 0 Å². The second-order valence-corrected chi connectivity index (χ2v) is 16.9. The molecule has 0 aromatic heterocycles. The number of nitrogens with one attached hydrogen (secondary N) is 1. The number of likely N-dealkylation sites (N-methyl/N-ethyl adjacent to an activating group) is 1. The summed E-state index contributed by atoms with van der Waals surface area (Å²) in [6.07, 6.45) is 43.9. The first-order chi connectivity index (χ1) is 26.4. The van der Waals surface area contributed by atoms with Crippen LogP contribution in [0.4, 0.5) is 0 Å². The highest BCUT2D eigenvalue weighted by Crippen LogP contribution is 2.43. The lowest BCUT2D eigenvalue weighted by Crippen LogP contribution is -2.51. The number of hydrogen-bond acceptors (Lipinski definition) is 6. The number of quaternary nitrogens is 1. The van der Waals surface area contributed by atoms with E-state index in [9.17, 15) is 24.5 Å².